The lowest BCUT2D eigenvalue weighted by Crippen LogP contribution is -2.12. The summed E-state index contributed by atoms with van der Waals surface area (Å²) in [5, 5.41) is 3.00. The molecule has 0 aliphatic carbocycles. The van der Waals surface area contributed by atoms with E-state index in [1.807, 2.05) is 19.9 Å². The maximum Gasteiger partial charge on any atom is 0.224 e. The molecule has 3 heteroatoms. The summed E-state index contributed by atoms with van der Waals surface area (Å²) in [6.07, 6.45) is 5.13. The molecule has 0 aliphatic rings. The number of unbranched alkanes of at least 4 members (excludes halogenated alkanes) is 3. The highest BCUT2D eigenvalue weighted by molar-refractivity contribution is 9.10. The van der Waals surface area contributed by atoms with Gasteiger partial charge in [0.25, 0.3) is 0 Å². The molecule has 0 saturated carbocycles. The van der Waals surface area contributed by atoms with Crippen molar-refractivity contribution in [2.45, 2.75) is 52.9 Å². The zero-order chi connectivity index (χ0) is 13.5. The van der Waals surface area contributed by atoms with Gasteiger partial charge in [-0.1, -0.05) is 32.3 Å². The lowest BCUT2D eigenvalue weighted by molar-refractivity contribution is -0.116. The number of nitrogens with one attached hydrogen (secondary N) is 1. The highest BCUT2D eigenvalue weighted by atomic mass is 79.9. The number of halogens is 1. The molecule has 1 N–H and O–H groups in total. The van der Waals surface area contributed by atoms with Crippen molar-refractivity contribution >= 4 is 27.5 Å². The Kier molecular flexibility index (Phi) is 6.41. The first-order valence-electron chi connectivity index (χ1n) is 6.61. The van der Waals surface area contributed by atoms with Crippen LogP contribution in [0.3, 0.4) is 0 Å². The van der Waals surface area contributed by atoms with Crippen LogP contribution in [0.15, 0.2) is 16.6 Å². The lowest BCUT2D eigenvalue weighted by atomic mass is 10.1. The monoisotopic (exact) mass is 311 g/mol. The quantitative estimate of drug-likeness (QED) is 0.738. The summed E-state index contributed by atoms with van der Waals surface area (Å²) in [7, 11) is 0. The third-order valence-corrected chi connectivity index (χ3v) is 3.58. The van der Waals surface area contributed by atoms with Crippen molar-refractivity contribution in [2.75, 3.05) is 5.32 Å². The third kappa shape index (κ3) is 4.81. The van der Waals surface area contributed by atoms with Gasteiger partial charge in [0, 0.05) is 10.9 Å². The standard InChI is InChI=1S/C15H22BrNO/c1-4-5-6-7-8-14(18)17-15-12(3)9-11(2)10-13(15)16/h9-10H,4-8H2,1-3H3,(H,17,18). The van der Waals surface area contributed by atoms with E-state index in [1.54, 1.807) is 0 Å². The van der Waals surface area contributed by atoms with E-state index in [4.69, 9.17) is 0 Å². The Hall–Kier alpha value is -0.830. The number of hydrogen-bond acceptors (Lipinski definition) is 1. The SMILES string of the molecule is CCCCCCC(=O)Nc1c(C)cc(C)cc1Br. The molecular formula is C15H22BrNO. The topological polar surface area (TPSA) is 29.1 Å². The highest BCUT2D eigenvalue weighted by Crippen LogP contribution is 2.27. The van der Waals surface area contributed by atoms with E-state index in [9.17, 15) is 4.79 Å². The number of carbonyl (C=O) groups excluding carboxylic acids is 1. The van der Waals surface area contributed by atoms with Crippen LogP contribution < -0.4 is 5.32 Å². The van der Waals surface area contributed by atoms with Gasteiger partial charge in [-0.2, -0.15) is 0 Å². The van der Waals surface area contributed by atoms with E-state index in [0.29, 0.717) is 6.42 Å². The number of amides is 1. The van der Waals surface area contributed by atoms with E-state index >= 15 is 0 Å². The maximum atomic E-state index is 11.8. The van der Waals surface area contributed by atoms with E-state index in [1.165, 1.54) is 18.4 Å². The molecule has 0 radical (unpaired) electrons. The zero-order valence-corrected chi connectivity index (χ0v) is 13.1. The minimum Gasteiger partial charge on any atom is -0.325 e. The molecule has 1 aromatic carbocycles. The van der Waals surface area contributed by atoms with Gasteiger partial charge >= 0.3 is 0 Å². The molecule has 18 heavy (non-hydrogen) atoms. The molecule has 1 amide bonds. The van der Waals surface area contributed by atoms with Crippen molar-refractivity contribution in [3.63, 3.8) is 0 Å². The Bertz CT molecular complexity index is 392. The van der Waals surface area contributed by atoms with Gasteiger partial charge in [-0.15, -0.1) is 0 Å². The second-order valence-corrected chi connectivity index (χ2v) is 5.65. The predicted molar refractivity (Wildman–Crippen MR) is 81.0 cm³/mol. The summed E-state index contributed by atoms with van der Waals surface area (Å²) in [6.45, 7) is 6.24. The minimum absolute atomic E-state index is 0.110. The molecular weight excluding hydrogens is 290 g/mol. The van der Waals surface area contributed by atoms with Crippen LogP contribution in [-0.2, 0) is 4.79 Å². The van der Waals surface area contributed by atoms with E-state index in [0.717, 1.165) is 28.6 Å². The first-order chi connectivity index (χ1) is 8.54. The molecule has 2 nitrogen and oxygen atoms in total. The molecule has 0 aromatic heterocycles. The van der Waals surface area contributed by atoms with Gasteiger partial charge in [0.15, 0.2) is 0 Å². The van der Waals surface area contributed by atoms with Crippen molar-refractivity contribution in [1.29, 1.82) is 0 Å². The van der Waals surface area contributed by atoms with Crippen LogP contribution >= 0.6 is 15.9 Å². The average Bonchev–Trinajstić information content (AvgIpc) is 2.29. The normalized spacial score (nSPS) is 10.4. The smallest absolute Gasteiger partial charge is 0.224 e. The Labute approximate surface area is 118 Å². The molecule has 0 atom stereocenters. The van der Waals surface area contributed by atoms with E-state index < -0.39 is 0 Å². The summed E-state index contributed by atoms with van der Waals surface area (Å²) < 4.78 is 0.960. The van der Waals surface area contributed by atoms with Crippen LogP contribution in [0.5, 0.6) is 0 Å². The summed E-state index contributed by atoms with van der Waals surface area (Å²) in [5.41, 5.74) is 3.20. The summed E-state index contributed by atoms with van der Waals surface area (Å²) in [5.74, 6) is 0.110. The zero-order valence-electron chi connectivity index (χ0n) is 11.5. The molecule has 0 bridgehead atoms. The molecule has 1 aromatic rings. The molecule has 0 saturated heterocycles. The first kappa shape index (κ1) is 15.2. The lowest BCUT2D eigenvalue weighted by Gasteiger charge is -2.11. The van der Waals surface area contributed by atoms with Crippen LogP contribution in [0.2, 0.25) is 0 Å². The van der Waals surface area contributed by atoms with E-state index in [-0.39, 0.29) is 5.91 Å². The number of rotatable bonds is 6. The average molecular weight is 312 g/mol. The van der Waals surface area contributed by atoms with Crippen LogP contribution in [0.25, 0.3) is 0 Å². The van der Waals surface area contributed by atoms with Gasteiger partial charge in [-0.3, -0.25) is 4.79 Å². The minimum atomic E-state index is 0.110. The molecule has 0 fully saturated rings. The first-order valence-corrected chi connectivity index (χ1v) is 7.40. The number of benzene rings is 1. The van der Waals surface area contributed by atoms with Gasteiger partial charge < -0.3 is 5.32 Å². The van der Waals surface area contributed by atoms with Crippen LogP contribution in [-0.4, -0.2) is 5.91 Å². The van der Waals surface area contributed by atoms with Crippen molar-refractivity contribution in [3.8, 4) is 0 Å². The maximum absolute atomic E-state index is 11.8. The van der Waals surface area contributed by atoms with Gasteiger partial charge in [-0.25, -0.2) is 0 Å². The van der Waals surface area contributed by atoms with Crippen molar-refractivity contribution in [2.24, 2.45) is 0 Å². The fourth-order valence-electron chi connectivity index (χ4n) is 1.99. The van der Waals surface area contributed by atoms with Crippen molar-refractivity contribution in [1.82, 2.24) is 0 Å². The Morgan fingerprint density at radius 2 is 1.94 bits per heavy atom. The number of carbonyl (C=O) groups is 1. The molecule has 0 aliphatic heterocycles. The number of anilines is 1. The third-order valence-electron chi connectivity index (χ3n) is 2.95. The number of aryl methyl sites for hydroxylation is 2. The van der Waals surface area contributed by atoms with Crippen molar-refractivity contribution in [3.05, 3.63) is 27.7 Å². The van der Waals surface area contributed by atoms with Gasteiger partial charge in [0.1, 0.15) is 0 Å². The van der Waals surface area contributed by atoms with Crippen LogP contribution in [0, 0.1) is 13.8 Å². The van der Waals surface area contributed by atoms with Gasteiger partial charge in [0.2, 0.25) is 5.91 Å². The summed E-state index contributed by atoms with van der Waals surface area (Å²) in [4.78, 5) is 11.8. The highest BCUT2D eigenvalue weighted by Gasteiger charge is 2.08. The Morgan fingerprint density at radius 3 is 2.56 bits per heavy atom. The fourth-order valence-corrected chi connectivity index (χ4v) is 2.76. The van der Waals surface area contributed by atoms with Crippen LogP contribution in [0.1, 0.15) is 50.2 Å². The molecule has 1 rings (SSSR count). The molecule has 0 heterocycles. The Morgan fingerprint density at radius 1 is 1.22 bits per heavy atom. The van der Waals surface area contributed by atoms with E-state index in [2.05, 4.69) is 34.2 Å². The molecule has 100 valence electrons. The predicted octanol–water partition coefficient (Wildman–Crippen LogP) is 4.97. The second-order valence-electron chi connectivity index (χ2n) is 4.80. The fraction of sp³-hybridized carbons (Fsp3) is 0.533. The van der Waals surface area contributed by atoms with Gasteiger partial charge in [0.05, 0.1) is 5.69 Å². The molecule has 0 spiro atoms. The number of hydrogen-bond donors (Lipinski definition) is 1. The van der Waals surface area contributed by atoms with Gasteiger partial charge in [-0.05, 0) is 53.4 Å². The second kappa shape index (κ2) is 7.57. The van der Waals surface area contributed by atoms with Crippen LogP contribution in [0.4, 0.5) is 5.69 Å². The Balaban J connectivity index is 2.54. The summed E-state index contributed by atoms with van der Waals surface area (Å²) >= 11 is 3.50. The summed E-state index contributed by atoms with van der Waals surface area (Å²) in [6, 6.07) is 4.11. The largest absolute Gasteiger partial charge is 0.325 e. The molecule has 0 unspecified atom stereocenters. The van der Waals surface area contributed by atoms with Crippen molar-refractivity contribution < 1.29 is 4.79 Å².